The van der Waals surface area contributed by atoms with Crippen molar-refractivity contribution in [2.24, 2.45) is 0 Å². The first kappa shape index (κ1) is 8.55. The SMILES string of the molecule is CCCc1ccc2c(c1C)C=CC2. The number of benzene rings is 1. The fourth-order valence-corrected chi connectivity index (χ4v) is 2.08. The van der Waals surface area contributed by atoms with Gasteiger partial charge < -0.3 is 0 Å². The van der Waals surface area contributed by atoms with Gasteiger partial charge in [0.1, 0.15) is 0 Å². The average molecular weight is 172 g/mol. The van der Waals surface area contributed by atoms with Crippen LogP contribution < -0.4 is 0 Å². The van der Waals surface area contributed by atoms with Gasteiger partial charge in [-0.05, 0) is 42.0 Å². The van der Waals surface area contributed by atoms with Crippen LogP contribution >= 0.6 is 0 Å². The monoisotopic (exact) mass is 172 g/mol. The van der Waals surface area contributed by atoms with E-state index in [4.69, 9.17) is 0 Å². The number of hydrogen-bond acceptors (Lipinski definition) is 0. The average Bonchev–Trinajstić information content (AvgIpc) is 2.58. The number of rotatable bonds is 2. The molecule has 0 heterocycles. The molecule has 1 aliphatic rings. The maximum Gasteiger partial charge on any atom is -0.00881 e. The smallest absolute Gasteiger partial charge is 0.00881 e. The lowest BCUT2D eigenvalue weighted by molar-refractivity contribution is 0.911. The van der Waals surface area contributed by atoms with E-state index in [0.29, 0.717) is 0 Å². The first-order valence-electron chi connectivity index (χ1n) is 5.11. The molecule has 0 nitrogen and oxygen atoms in total. The Hall–Kier alpha value is -1.04. The van der Waals surface area contributed by atoms with Crippen LogP contribution in [0.1, 0.15) is 35.6 Å². The van der Waals surface area contributed by atoms with Gasteiger partial charge in [0.2, 0.25) is 0 Å². The Kier molecular flexibility index (Phi) is 2.22. The molecule has 0 saturated carbocycles. The summed E-state index contributed by atoms with van der Waals surface area (Å²) in [6.07, 6.45) is 8.11. The molecule has 0 amide bonds. The Morgan fingerprint density at radius 1 is 1.31 bits per heavy atom. The highest BCUT2D eigenvalue weighted by molar-refractivity contribution is 5.64. The zero-order valence-electron chi connectivity index (χ0n) is 8.43. The molecule has 13 heavy (non-hydrogen) atoms. The van der Waals surface area contributed by atoms with Gasteiger partial charge in [0.15, 0.2) is 0 Å². The molecular formula is C13H16. The molecule has 0 N–H and O–H groups in total. The van der Waals surface area contributed by atoms with E-state index in [1.165, 1.54) is 35.1 Å². The lowest BCUT2D eigenvalue weighted by atomic mass is 9.96. The minimum absolute atomic E-state index is 1.13. The zero-order chi connectivity index (χ0) is 9.26. The lowest BCUT2D eigenvalue weighted by Crippen LogP contribution is -1.93. The standard InChI is InChI=1S/C13H16/c1-3-5-11-8-9-12-6-4-7-13(12)10(11)2/h4,7-9H,3,5-6H2,1-2H3. The van der Waals surface area contributed by atoms with Crippen LogP contribution in [0.15, 0.2) is 18.2 Å². The number of allylic oxidation sites excluding steroid dienone is 1. The Bertz CT molecular complexity index is 345. The Morgan fingerprint density at radius 3 is 2.92 bits per heavy atom. The second kappa shape index (κ2) is 3.37. The summed E-state index contributed by atoms with van der Waals surface area (Å²) in [7, 11) is 0. The van der Waals surface area contributed by atoms with Gasteiger partial charge in [-0.3, -0.25) is 0 Å². The van der Waals surface area contributed by atoms with Crippen molar-refractivity contribution in [2.45, 2.75) is 33.1 Å². The van der Waals surface area contributed by atoms with E-state index in [1.807, 2.05) is 0 Å². The van der Waals surface area contributed by atoms with Gasteiger partial charge in [-0.1, -0.05) is 37.6 Å². The van der Waals surface area contributed by atoms with Crippen LogP contribution in [0.3, 0.4) is 0 Å². The van der Waals surface area contributed by atoms with E-state index >= 15 is 0 Å². The molecule has 0 aliphatic heterocycles. The number of aryl methyl sites for hydroxylation is 1. The molecule has 1 aliphatic carbocycles. The van der Waals surface area contributed by atoms with Gasteiger partial charge in [-0.2, -0.15) is 0 Å². The molecule has 0 saturated heterocycles. The summed E-state index contributed by atoms with van der Waals surface area (Å²) >= 11 is 0. The molecule has 0 bridgehead atoms. The first-order chi connectivity index (χ1) is 6.33. The zero-order valence-corrected chi connectivity index (χ0v) is 8.43. The van der Waals surface area contributed by atoms with Crippen LogP contribution in [0.4, 0.5) is 0 Å². The maximum absolute atomic E-state index is 2.30. The molecule has 68 valence electrons. The van der Waals surface area contributed by atoms with Gasteiger partial charge >= 0.3 is 0 Å². The molecule has 0 fully saturated rings. The van der Waals surface area contributed by atoms with Crippen molar-refractivity contribution < 1.29 is 0 Å². The summed E-state index contributed by atoms with van der Waals surface area (Å²) in [5, 5.41) is 0. The largest absolute Gasteiger partial charge is 0.0795 e. The molecule has 0 unspecified atom stereocenters. The Balaban J connectivity index is 2.45. The van der Waals surface area contributed by atoms with Gasteiger partial charge in [0, 0.05) is 0 Å². The third-order valence-electron chi connectivity index (χ3n) is 2.86. The molecule has 0 spiro atoms. The lowest BCUT2D eigenvalue weighted by Gasteiger charge is -2.09. The summed E-state index contributed by atoms with van der Waals surface area (Å²) in [6, 6.07) is 4.58. The van der Waals surface area contributed by atoms with E-state index in [9.17, 15) is 0 Å². The summed E-state index contributed by atoms with van der Waals surface area (Å²) < 4.78 is 0. The van der Waals surface area contributed by atoms with Crippen molar-refractivity contribution in [2.75, 3.05) is 0 Å². The quantitative estimate of drug-likeness (QED) is 0.640. The van der Waals surface area contributed by atoms with Gasteiger partial charge in [-0.15, -0.1) is 0 Å². The fraction of sp³-hybridized carbons (Fsp3) is 0.385. The van der Waals surface area contributed by atoms with Crippen LogP contribution in [0.25, 0.3) is 6.08 Å². The van der Waals surface area contributed by atoms with Crippen molar-refractivity contribution in [1.82, 2.24) is 0 Å². The second-order valence-corrected chi connectivity index (χ2v) is 3.78. The normalized spacial score (nSPS) is 13.4. The van der Waals surface area contributed by atoms with Crippen molar-refractivity contribution in [1.29, 1.82) is 0 Å². The highest BCUT2D eigenvalue weighted by atomic mass is 14.1. The summed E-state index contributed by atoms with van der Waals surface area (Å²) in [5.74, 6) is 0. The molecule has 0 radical (unpaired) electrons. The van der Waals surface area contributed by atoms with Crippen LogP contribution in [0, 0.1) is 6.92 Å². The van der Waals surface area contributed by atoms with E-state index in [2.05, 4.69) is 38.1 Å². The Morgan fingerprint density at radius 2 is 2.15 bits per heavy atom. The summed E-state index contributed by atoms with van der Waals surface area (Å²) in [6.45, 7) is 4.49. The molecule has 0 aromatic heterocycles. The van der Waals surface area contributed by atoms with E-state index < -0.39 is 0 Å². The van der Waals surface area contributed by atoms with Crippen LogP contribution in [-0.4, -0.2) is 0 Å². The maximum atomic E-state index is 2.30. The topological polar surface area (TPSA) is 0 Å². The van der Waals surface area contributed by atoms with E-state index in [0.717, 1.165) is 6.42 Å². The van der Waals surface area contributed by atoms with Crippen molar-refractivity contribution in [3.8, 4) is 0 Å². The third-order valence-corrected chi connectivity index (χ3v) is 2.86. The predicted octanol–water partition coefficient (Wildman–Crippen LogP) is 3.52. The van der Waals surface area contributed by atoms with Gasteiger partial charge in [0.25, 0.3) is 0 Å². The summed E-state index contributed by atoms with van der Waals surface area (Å²) in [4.78, 5) is 0. The molecular weight excluding hydrogens is 156 g/mol. The van der Waals surface area contributed by atoms with Crippen LogP contribution in [-0.2, 0) is 12.8 Å². The highest BCUT2D eigenvalue weighted by Crippen LogP contribution is 2.26. The van der Waals surface area contributed by atoms with E-state index in [-0.39, 0.29) is 0 Å². The van der Waals surface area contributed by atoms with Crippen molar-refractivity contribution in [3.63, 3.8) is 0 Å². The van der Waals surface area contributed by atoms with Gasteiger partial charge in [-0.25, -0.2) is 0 Å². The minimum Gasteiger partial charge on any atom is -0.0795 e. The summed E-state index contributed by atoms with van der Waals surface area (Å²) in [5.41, 5.74) is 5.99. The molecule has 1 aromatic carbocycles. The predicted molar refractivity (Wildman–Crippen MR) is 57.9 cm³/mol. The molecule has 2 rings (SSSR count). The molecule has 0 heteroatoms. The fourth-order valence-electron chi connectivity index (χ4n) is 2.08. The van der Waals surface area contributed by atoms with Gasteiger partial charge in [0.05, 0.1) is 0 Å². The van der Waals surface area contributed by atoms with Crippen LogP contribution in [0.5, 0.6) is 0 Å². The number of hydrogen-bond donors (Lipinski definition) is 0. The minimum atomic E-state index is 1.13. The highest BCUT2D eigenvalue weighted by Gasteiger charge is 2.09. The van der Waals surface area contributed by atoms with Crippen molar-refractivity contribution in [3.05, 3.63) is 40.5 Å². The Labute approximate surface area is 80.3 Å². The second-order valence-electron chi connectivity index (χ2n) is 3.78. The first-order valence-corrected chi connectivity index (χ1v) is 5.11. The third kappa shape index (κ3) is 1.41. The molecule has 1 aromatic rings. The van der Waals surface area contributed by atoms with E-state index in [1.54, 1.807) is 0 Å². The van der Waals surface area contributed by atoms with Crippen molar-refractivity contribution >= 4 is 6.08 Å². The van der Waals surface area contributed by atoms with Crippen LogP contribution in [0.2, 0.25) is 0 Å². The molecule has 0 atom stereocenters. The number of fused-ring (bicyclic) bond motifs is 1.